The summed E-state index contributed by atoms with van der Waals surface area (Å²) in [6.07, 6.45) is -0.0162. The fourth-order valence-corrected chi connectivity index (χ4v) is 1.87. The van der Waals surface area contributed by atoms with E-state index in [4.69, 9.17) is 14.2 Å². The van der Waals surface area contributed by atoms with Crippen molar-refractivity contribution in [2.24, 2.45) is 0 Å². The molecule has 0 radical (unpaired) electrons. The van der Waals surface area contributed by atoms with Crippen molar-refractivity contribution >= 4 is 17.9 Å². The molecule has 0 aliphatic carbocycles. The Labute approximate surface area is 154 Å². The minimum absolute atomic E-state index is 0.0162. The predicted molar refractivity (Wildman–Crippen MR) is 95.1 cm³/mol. The summed E-state index contributed by atoms with van der Waals surface area (Å²) in [7, 11) is 0. The second kappa shape index (κ2) is 10.6. The molecule has 7 nitrogen and oxygen atoms in total. The van der Waals surface area contributed by atoms with Crippen molar-refractivity contribution < 1.29 is 28.6 Å². The molecule has 0 saturated heterocycles. The number of benzene rings is 1. The van der Waals surface area contributed by atoms with Crippen LogP contribution in [0.1, 0.15) is 39.7 Å². The van der Waals surface area contributed by atoms with Crippen molar-refractivity contribution in [1.82, 2.24) is 5.32 Å². The fraction of sp³-hybridized carbons (Fsp3) is 0.526. The van der Waals surface area contributed by atoms with E-state index in [1.54, 1.807) is 27.7 Å². The van der Waals surface area contributed by atoms with E-state index >= 15 is 0 Å². The molecule has 26 heavy (non-hydrogen) atoms. The lowest BCUT2D eigenvalue weighted by molar-refractivity contribution is -0.157. The van der Waals surface area contributed by atoms with Crippen LogP contribution in [0.4, 0.5) is 0 Å². The Kier molecular flexibility index (Phi) is 8.78. The molecule has 0 saturated carbocycles. The largest absolute Gasteiger partial charge is 0.464 e. The van der Waals surface area contributed by atoms with Crippen LogP contribution < -0.4 is 5.32 Å². The Bertz CT molecular complexity index is 594. The first kappa shape index (κ1) is 21.6. The molecule has 0 aliphatic rings. The fourth-order valence-electron chi connectivity index (χ4n) is 1.87. The van der Waals surface area contributed by atoms with Gasteiger partial charge in [0.1, 0.15) is 24.9 Å². The van der Waals surface area contributed by atoms with Gasteiger partial charge in [-0.15, -0.1) is 0 Å². The highest BCUT2D eigenvalue weighted by Crippen LogP contribution is 2.08. The third kappa shape index (κ3) is 9.78. The van der Waals surface area contributed by atoms with Crippen molar-refractivity contribution in [3.8, 4) is 0 Å². The van der Waals surface area contributed by atoms with Gasteiger partial charge in [-0.3, -0.25) is 19.7 Å². The molecule has 0 aliphatic heterocycles. The summed E-state index contributed by atoms with van der Waals surface area (Å²) in [5.74, 6) is -1.46. The van der Waals surface area contributed by atoms with Gasteiger partial charge in [-0.25, -0.2) is 0 Å². The van der Waals surface area contributed by atoms with Gasteiger partial charge in [-0.2, -0.15) is 0 Å². The SMILES string of the molecule is CC(NCC(=O)OCCC(=O)OC(C)(C)C)C(=O)OCc1ccccc1. The minimum Gasteiger partial charge on any atom is -0.464 e. The first-order valence-electron chi connectivity index (χ1n) is 8.49. The number of rotatable bonds is 9. The number of ether oxygens (including phenoxy) is 3. The Morgan fingerprint density at radius 1 is 1.04 bits per heavy atom. The van der Waals surface area contributed by atoms with Gasteiger partial charge in [-0.05, 0) is 33.3 Å². The maximum atomic E-state index is 11.9. The molecule has 1 atom stereocenters. The Balaban J connectivity index is 2.18. The quantitative estimate of drug-likeness (QED) is 0.528. The third-order valence-electron chi connectivity index (χ3n) is 3.12. The van der Waals surface area contributed by atoms with Gasteiger partial charge in [0.05, 0.1) is 13.0 Å². The zero-order chi connectivity index (χ0) is 19.6. The van der Waals surface area contributed by atoms with Crippen LogP contribution in [0.25, 0.3) is 0 Å². The van der Waals surface area contributed by atoms with E-state index in [0.717, 1.165) is 5.56 Å². The van der Waals surface area contributed by atoms with E-state index in [1.807, 2.05) is 30.3 Å². The monoisotopic (exact) mass is 365 g/mol. The number of nitrogens with one attached hydrogen (secondary N) is 1. The van der Waals surface area contributed by atoms with Gasteiger partial charge in [0.25, 0.3) is 0 Å². The lowest BCUT2D eigenvalue weighted by Crippen LogP contribution is -2.39. The Hall–Kier alpha value is -2.41. The first-order chi connectivity index (χ1) is 12.2. The Morgan fingerprint density at radius 3 is 2.31 bits per heavy atom. The van der Waals surface area contributed by atoms with Gasteiger partial charge < -0.3 is 14.2 Å². The molecule has 0 aromatic heterocycles. The van der Waals surface area contributed by atoms with E-state index in [0.29, 0.717) is 0 Å². The van der Waals surface area contributed by atoms with Crippen molar-refractivity contribution in [1.29, 1.82) is 0 Å². The molecule has 1 aromatic rings. The Morgan fingerprint density at radius 2 is 1.69 bits per heavy atom. The van der Waals surface area contributed by atoms with E-state index in [2.05, 4.69) is 5.32 Å². The van der Waals surface area contributed by atoms with Crippen LogP contribution in [0.5, 0.6) is 0 Å². The van der Waals surface area contributed by atoms with Crippen molar-refractivity contribution in [3.63, 3.8) is 0 Å². The summed E-state index contributed by atoms with van der Waals surface area (Å²) in [5, 5.41) is 2.73. The normalized spacial score (nSPS) is 12.2. The van der Waals surface area contributed by atoms with E-state index in [1.165, 1.54) is 0 Å². The summed E-state index contributed by atoms with van der Waals surface area (Å²) in [5.41, 5.74) is 0.313. The van der Waals surface area contributed by atoms with Gasteiger partial charge >= 0.3 is 17.9 Å². The van der Waals surface area contributed by atoms with Crippen LogP contribution in [0.3, 0.4) is 0 Å². The predicted octanol–water partition coefficient (Wildman–Crippen LogP) is 1.98. The lowest BCUT2D eigenvalue weighted by atomic mass is 10.2. The highest BCUT2D eigenvalue weighted by atomic mass is 16.6. The standard InChI is InChI=1S/C19H27NO6/c1-14(18(23)25-13-15-8-6-5-7-9-15)20-12-17(22)24-11-10-16(21)26-19(2,3)4/h5-9,14,20H,10-13H2,1-4H3. The number of esters is 3. The van der Waals surface area contributed by atoms with Crippen LogP contribution in [0.2, 0.25) is 0 Å². The van der Waals surface area contributed by atoms with Crippen LogP contribution in [0.15, 0.2) is 30.3 Å². The van der Waals surface area contributed by atoms with E-state index < -0.39 is 29.6 Å². The van der Waals surface area contributed by atoms with Crippen LogP contribution in [-0.4, -0.2) is 42.7 Å². The van der Waals surface area contributed by atoms with Crippen LogP contribution in [-0.2, 0) is 35.2 Å². The molecule has 0 heterocycles. The maximum absolute atomic E-state index is 11.9. The zero-order valence-electron chi connectivity index (χ0n) is 15.7. The lowest BCUT2D eigenvalue weighted by Gasteiger charge is -2.19. The van der Waals surface area contributed by atoms with Crippen molar-refractivity contribution in [2.45, 2.75) is 52.4 Å². The van der Waals surface area contributed by atoms with Gasteiger partial charge in [0, 0.05) is 0 Å². The van der Waals surface area contributed by atoms with Crippen LogP contribution in [0, 0.1) is 0 Å². The zero-order valence-corrected chi connectivity index (χ0v) is 15.7. The molecule has 0 amide bonds. The number of hydrogen-bond donors (Lipinski definition) is 1. The molecule has 0 fully saturated rings. The molecule has 0 bridgehead atoms. The van der Waals surface area contributed by atoms with Crippen molar-refractivity contribution in [2.75, 3.05) is 13.2 Å². The molecule has 0 spiro atoms. The average Bonchev–Trinajstić information content (AvgIpc) is 2.56. The van der Waals surface area contributed by atoms with Crippen molar-refractivity contribution in [3.05, 3.63) is 35.9 Å². The highest BCUT2D eigenvalue weighted by Gasteiger charge is 2.18. The van der Waals surface area contributed by atoms with E-state index in [-0.39, 0.29) is 26.2 Å². The minimum atomic E-state index is -0.655. The maximum Gasteiger partial charge on any atom is 0.323 e. The summed E-state index contributed by atoms with van der Waals surface area (Å²) < 4.78 is 15.2. The number of carbonyl (C=O) groups is 3. The smallest absolute Gasteiger partial charge is 0.323 e. The first-order valence-corrected chi connectivity index (χ1v) is 8.49. The molecular formula is C19H27NO6. The summed E-state index contributed by atoms with van der Waals surface area (Å²) in [4.78, 5) is 35.0. The van der Waals surface area contributed by atoms with Gasteiger partial charge in [0.2, 0.25) is 0 Å². The van der Waals surface area contributed by atoms with Gasteiger partial charge in [0.15, 0.2) is 0 Å². The summed E-state index contributed by atoms with van der Waals surface area (Å²) >= 11 is 0. The molecule has 1 aromatic carbocycles. The molecule has 1 rings (SSSR count). The van der Waals surface area contributed by atoms with E-state index in [9.17, 15) is 14.4 Å². The number of hydrogen-bond acceptors (Lipinski definition) is 7. The highest BCUT2D eigenvalue weighted by molar-refractivity contribution is 5.77. The molecule has 1 unspecified atom stereocenters. The topological polar surface area (TPSA) is 90.9 Å². The van der Waals surface area contributed by atoms with Gasteiger partial charge in [-0.1, -0.05) is 30.3 Å². The summed E-state index contributed by atoms with van der Waals surface area (Å²) in [6, 6.07) is 8.65. The molecule has 1 N–H and O–H groups in total. The summed E-state index contributed by atoms with van der Waals surface area (Å²) in [6.45, 7) is 6.84. The average molecular weight is 365 g/mol. The molecular weight excluding hydrogens is 338 g/mol. The second-order valence-corrected chi connectivity index (χ2v) is 6.75. The molecule has 144 valence electrons. The molecule has 7 heteroatoms. The van der Waals surface area contributed by atoms with Crippen LogP contribution >= 0.6 is 0 Å². The number of carbonyl (C=O) groups excluding carboxylic acids is 3. The second-order valence-electron chi connectivity index (χ2n) is 6.75. The third-order valence-corrected chi connectivity index (χ3v) is 3.12.